The lowest BCUT2D eigenvalue weighted by Crippen LogP contribution is -2.00. The van der Waals surface area contributed by atoms with Crippen molar-refractivity contribution in [3.8, 4) is 11.5 Å². The van der Waals surface area contributed by atoms with Crippen molar-refractivity contribution in [3.63, 3.8) is 0 Å². The molecule has 0 aliphatic heterocycles. The van der Waals surface area contributed by atoms with E-state index in [0.29, 0.717) is 16.0 Å². The largest absolute Gasteiger partial charge is 0.496 e. The minimum atomic E-state index is -0.459. The fourth-order valence-corrected chi connectivity index (χ4v) is 2.50. The van der Waals surface area contributed by atoms with Gasteiger partial charge in [-0.15, -0.1) is 0 Å². The molecule has 0 aliphatic rings. The monoisotopic (exact) mass is 415 g/mol. The number of halogens is 2. The number of ether oxygens (including phenoxy) is 2. The molecule has 0 fully saturated rings. The Bertz CT molecular complexity index is 676. The first-order valence-corrected chi connectivity index (χ1v) is 7.49. The summed E-state index contributed by atoms with van der Waals surface area (Å²) in [5, 5.41) is 10.8. The van der Waals surface area contributed by atoms with Crippen LogP contribution < -0.4 is 9.47 Å². The molecule has 0 amide bonds. The summed E-state index contributed by atoms with van der Waals surface area (Å²) in [5.74, 6) is 1.10. The second-order valence-electron chi connectivity index (χ2n) is 4.12. The highest BCUT2D eigenvalue weighted by molar-refractivity contribution is 9.10. The number of methoxy groups -OCH3 is 1. The fraction of sp³-hybridized carbons (Fsp3) is 0.143. The zero-order chi connectivity index (χ0) is 15.4. The minimum absolute atomic E-state index is 0.0191. The zero-order valence-electron chi connectivity index (χ0n) is 11.0. The van der Waals surface area contributed by atoms with Crippen molar-refractivity contribution >= 4 is 37.5 Å². The Balaban J connectivity index is 2.22. The highest BCUT2D eigenvalue weighted by Gasteiger charge is 2.12. The van der Waals surface area contributed by atoms with Crippen LogP contribution in [0, 0.1) is 10.1 Å². The molecule has 5 nitrogen and oxygen atoms in total. The van der Waals surface area contributed by atoms with Gasteiger partial charge >= 0.3 is 0 Å². The summed E-state index contributed by atoms with van der Waals surface area (Å²) in [7, 11) is 1.58. The topological polar surface area (TPSA) is 61.6 Å². The van der Waals surface area contributed by atoms with E-state index in [1.165, 1.54) is 12.1 Å². The molecule has 2 aromatic rings. The van der Waals surface area contributed by atoms with Crippen LogP contribution in [0.2, 0.25) is 0 Å². The third kappa shape index (κ3) is 3.95. The lowest BCUT2D eigenvalue weighted by Gasteiger charge is -2.11. The second kappa shape index (κ2) is 6.91. The maximum absolute atomic E-state index is 10.8. The van der Waals surface area contributed by atoms with Crippen LogP contribution in [-0.4, -0.2) is 12.0 Å². The fourth-order valence-electron chi connectivity index (χ4n) is 1.73. The normalized spacial score (nSPS) is 10.2. The molecule has 0 radical (unpaired) electrons. The first-order valence-electron chi connectivity index (χ1n) is 5.90. The van der Waals surface area contributed by atoms with Gasteiger partial charge in [0, 0.05) is 16.1 Å². The number of hydrogen-bond donors (Lipinski definition) is 0. The minimum Gasteiger partial charge on any atom is -0.496 e. The first kappa shape index (κ1) is 15.8. The van der Waals surface area contributed by atoms with E-state index < -0.39 is 4.92 Å². The molecule has 0 bridgehead atoms. The van der Waals surface area contributed by atoms with Crippen LogP contribution in [0.4, 0.5) is 5.69 Å². The van der Waals surface area contributed by atoms with Crippen LogP contribution in [0.3, 0.4) is 0 Å². The van der Waals surface area contributed by atoms with E-state index in [4.69, 9.17) is 9.47 Å². The summed E-state index contributed by atoms with van der Waals surface area (Å²) in [6.45, 7) is 0.238. The smallest absolute Gasteiger partial charge is 0.273 e. The van der Waals surface area contributed by atoms with Gasteiger partial charge < -0.3 is 9.47 Å². The molecule has 2 rings (SSSR count). The molecular weight excluding hydrogens is 406 g/mol. The van der Waals surface area contributed by atoms with E-state index in [9.17, 15) is 10.1 Å². The highest BCUT2D eigenvalue weighted by Crippen LogP contribution is 2.31. The van der Waals surface area contributed by atoms with Crippen LogP contribution in [0.15, 0.2) is 45.3 Å². The molecule has 0 N–H and O–H groups in total. The Labute approximate surface area is 138 Å². The van der Waals surface area contributed by atoms with E-state index in [0.717, 1.165) is 10.0 Å². The Morgan fingerprint density at radius 1 is 1.14 bits per heavy atom. The van der Waals surface area contributed by atoms with Gasteiger partial charge in [0.2, 0.25) is 0 Å². The van der Waals surface area contributed by atoms with Crippen LogP contribution in [0.25, 0.3) is 0 Å². The van der Waals surface area contributed by atoms with Crippen molar-refractivity contribution in [1.82, 2.24) is 0 Å². The molecule has 0 atom stereocenters. The van der Waals surface area contributed by atoms with E-state index in [1.807, 2.05) is 18.2 Å². The SMILES string of the molecule is COc1ccc(Br)cc1COc1cc([N+](=O)[O-])ccc1Br. The number of non-ortho nitro benzene ring substituents is 1. The molecule has 0 aromatic heterocycles. The Kier molecular flexibility index (Phi) is 5.19. The summed E-state index contributed by atoms with van der Waals surface area (Å²) < 4.78 is 12.5. The molecule has 2 aromatic carbocycles. The number of nitro groups is 1. The summed E-state index contributed by atoms with van der Waals surface area (Å²) in [5.41, 5.74) is 0.819. The van der Waals surface area contributed by atoms with Gasteiger partial charge in [-0.3, -0.25) is 10.1 Å². The van der Waals surface area contributed by atoms with Crippen LogP contribution in [0.5, 0.6) is 11.5 Å². The van der Waals surface area contributed by atoms with Gasteiger partial charge in [-0.25, -0.2) is 0 Å². The molecule has 0 heterocycles. The molecule has 7 heteroatoms. The van der Waals surface area contributed by atoms with Gasteiger partial charge in [0.05, 0.1) is 22.6 Å². The molecule has 0 saturated heterocycles. The van der Waals surface area contributed by atoms with Gasteiger partial charge in [-0.1, -0.05) is 15.9 Å². The maximum atomic E-state index is 10.8. The van der Waals surface area contributed by atoms with Crippen molar-refractivity contribution in [2.24, 2.45) is 0 Å². The standard InChI is InChI=1S/C14H11Br2NO4/c1-20-13-5-2-10(15)6-9(13)8-21-14-7-11(17(18)19)3-4-12(14)16/h2-7H,8H2,1H3. The van der Waals surface area contributed by atoms with E-state index in [-0.39, 0.29) is 12.3 Å². The average Bonchev–Trinajstić information content (AvgIpc) is 2.46. The quantitative estimate of drug-likeness (QED) is 0.523. The third-order valence-electron chi connectivity index (χ3n) is 2.75. The summed E-state index contributed by atoms with van der Waals surface area (Å²) >= 11 is 6.70. The molecule has 110 valence electrons. The van der Waals surface area contributed by atoms with Crippen molar-refractivity contribution < 1.29 is 14.4 Å². The maximum Gasteiger partial charge on any atom is 0.273 e. The van der Waals surface area contributed by atoms with Crippen molar-refractivity contribution in [1.29, 1.82) is 0 Å². The van der Waals surface area contributed by atoms with E-state index in [1.54, 1.807) is 13.2 Å². The van der Waals surface area contributed by atoms with Crippen LogP contribution >= 0.6 is 31.9 Å². The molecular formula is C14H11Br2NO4. The van der Waals surface area contributed by atoms with E-state index >= 15 is 0 Å². The lowest BCUT2D eigenvalue weighted by molar-refractivity contribution is -0.385. The van der Waals surface area contributed by atoms with Gasteiger partial charge in [0.1, 0.15) is 18.1 Å². The van der Waals surface area contributed by atoms with Crippen LogP contribution in [0.1, 0.15) is 5.56 Å². The number of benzene rings is 2. The Morgan fingerprint density at radius 3 is 2.57 bits per heavy atom. The molecule has 0 spiro atoms. The molecule has 0 saturated carbocycles. The van der Waals surface area contributed by atoms with E-state index in [2.05, 4.69) is 31.9 Å². The van der Waals surface area contributed by atoms with Crippen molar-refractivity contribution in [3.05, 3.63) is 61.0 Å². The summed E-state index contributed by atoms with van der Waals surface area (Å²) in [6, 6.07) is 9.96. The number of rotatable bonds is 5. The van der Waals surface area contributed by atoms with Gasteiger partial charge in [-0.2, -0.15) is 0 Å². The third-order valence-corrected chi connectivity index (χ3v) is 3.90. The predicted octanol–water partition coefficient (Wildman–Crippen LogP) is 4.71. The zero-order valence-corrected chi connectivity index (χ0v) is 14.2. The summed E-state index contributed by atoms with van der Waals surface area (Å²) in [4.78, 5) is 10.3. The second-order valence-corrected chi connectivity index (χ2v) is 5.89. The molecule has 0 aliphatic carbocycles. The first-order chi connectivity index (χ1) is 10.0. The number of hydrogen-bond acceptors (Lipinski definition) is 4. The van der Waals surface area contributed by atoms with Crippen molar-refractivity contribution in [2.75, 3.05) is 7.11 Å². The lowest BCUT2D eigenvalue weighted by atomic mass is 10.2. The van der Waals surface area contributed by atoms with Crippen molar-refractivity contribution in [2.45, 2.75) is 6.61 Å². The van der Waals surface area contributed by atoms with Crippen LogP contribution in [-0.2, 0) is 6.61 Å². The van der Waals surface area contributed by atoms with Gasteiger partial charge in [0.15, 0.2) is 0 Å². The Hall–Kier alpha value is -1.60. The highest BCUT2D eigenvalue weighted by atomic mass is 79.9. The van der Waals surface area contributed by atoms with Gasteiger partial charge in [-0.05, 0) is 40.2 Å². The Morgan fingerprint density at radius 2 is 1.90 bits per heavy atom. The summed E-state index contributed by atoms with van der Waals surface area (Å²) in [6.07, 6.45) is 0. The predicted molar refractivity (Wildman–Crippen MR) is 85.8 cm³/mol. The molecule has 21 heavy (non-hydrogen) atoms. The molecule has 0 unspecified atom stereocenters. The average molecular weight is 417 g/mol. The van der Waals surface area contributed by atoms with Gasteiger partial charge in [0.25, 0.3) is 5.69 Å². The number of nitrogens with zero attached hydrogens (tertiary/aromatic N) is 1. The number of nitro benzene ring substituents is 1.